The first kappa shape index (κ1) is 22.6. The van der Waals surface area contributed by atoms with Crippen LogP contribution in [0.4, 0.5) is 0 Å². The molecule has 2 aromatic heterocycles. The summed E-state index contributed by atoms with van der Waals surface area (Å²) >= 11 is 0. The number of carbonyl (C=O) groups excluding carboxylic acids is 1. The molecule has 0 bridgehead atoms. The number of aromatic nitrogens is 4. The van der Waals surface area contributed by atoms with Crippen LogP contribution in [0.25, 0.3) is 16.7 Å². The van der Waals surface area contributed by atoms with Crippen LogP contribution in [-0.4, -0.2) is 38.5 Å². The molecule has 0 fully saturated rings. The highest BCUT2D eigenvalue weighted by Gasteiger charge is 2.22. The fourth-order valence-electron chi connectivity index (χ4n) is 4.20. The van der Waals surface area contributed by atoms with Gasteiger partial charge in [-0.05, 0) is 35.7 Å². The zero-order valence-electron chi connectivity index (χ0n) is 19.7. The first-order chi connectivity index (χ1) is 17.0. The lowest BCUT2D eigenvalue weighted by Crippen LogP contribution is -2.36. The number of fused-ring (bicyclic) bond motifs is 2. The van der Waals surface area contributed by atoms with Crippen LogP contribution < -0.4 is 20.3 Å². The van der Waals surface area contributed by atoms with Gasteiger partial charge in [-0.15, -0.1) is 0 Å². The standard InChI is InChI=1S/C26H27N5O4/c1-17(2)24(18-9-10-21-22(13-18)35-12-6-11-34-21)29-23(32)15-30-16-27-25-20(26(30)33)14-28-31(25)19-7-4-3-5-8-19/h3-5,7-10,13-14,16-17,24H,6,11-12,15H2,1-2H3,(H,29,32)/t24-/m1/s1. The van der Waals surface area contributed by atoms with Crippen LogP contribution >= 0.6 is 0 Å². The van der Waals surface area contributed by atoms with Crippen molar-refractivity contribution >= 4 is 16.9 Å². The third-order valence-corrected chi connectivity index (χ3v) is 5.98. The smallest absolute Gasteiger partial charge is 0.264 e. The molecule has 2 aromatic carbocycles. The Morgan fingerprint density at radius 2 is 1.86 bits per heavy atom. The predicted octanol–water partition coefficient (Wildman–Crippen LogP) is 3.26. The van der Waals surface area contributed by atoms with Crippen LogP contribution in [0.3, 0.4) is 0 Å². The fraction of sp³-hybridized carbons (Fsp3) is 0.308. The van der Waals surface area contributed by atoms with Gasteiger partial charge in [0.1, 0.15) is 18.3 Å². The molecule has 9 heteroatoms. The Kier molecular flexibility index (Phi) is 6.22. The molecule has 4 aromatic rings. The summed E-state index contributed by atoms with van der Waals surface area (Å²) in [7, 11) is 0. The Hall–Kier alpha value is -4.14. The Labute approximate surface area is 202 Å². The van der Waals surface area contributed by atoms with Crippen molar-refractivity contribution in [3.05, 3.63) is 77.0 Å². The van der Waals surface area contributed by atoms with E-state index in [0.717, 1.165) is 17.7 Å². The second-order valence-corrected chi connectivity index (χ2v) is 8.85. The van der Waals surface area contributed by atoms with Crippen LogP contribution in [0.1, 0.15) is 31.9 Å². The summed E-state index contributed by atoms with van der Waals surface area (Å²) in [5, 5.41) is 7.74. The number of carbonyl (C=O) groups is 1. The second-order valence-electron chi connectivity index (χ2n) is 8.85. The van der Waals surface area contributed by atoms with Crippen LogP contribution in [0.5, 0.6) is 11.5 Å². The minimum atomic E-state index is -0.316. The molecule has 180 valence electrons. The van der Waals surface area contributed by atoms with Crippen molar-refractivity contribution in [2.24, 2.45) is 5.92 Å². The van der Waals surface area contributed by atoms with Crippen LogP contribution in [0.15, 0.2) is 65.8 Å². The van der Waals surface area contributed by atoms with Gasteiger partial charge in [-0.1, -0.05) is 38.1 Å². The summed E-state index contributed by atoms with van der Waals surface area (Å²) < 4.78 is 14.4. The minimum absolute atomic E-state index is 0.116. The van der Waals surface area contributed by atoms with E-state index in [0.29, 0.717) is 35.7 Å². The van der Waals surface area contributed by atoms with E-state index < -0.39 is 0 Å². The summed E-state index contributed by atoms with van der Waals surface area (Å²) in [6.45, 7) is 5.13. The van der Waals surface area contributed by atoms with Gasteiger partial charge in [-0.3, -0.25) is 14.2 Å². The molecule has 0 unspecified atom stereocenters. The van der Waals surface area contributed by atoms with Gasteiger partial charge in [0.05, 0.1) is 31.1 Å². The fourth-order valence-corrected chi connectivity index (χ4v) is 4.20. The lowest BCUT2D eigenvalue weighted by molar-refractivity contribution is -0.122. The maximum absolute atomic E-state index is 13.1. The molecule has 1 aliphatic rings. The highest BCUT2D eigenvalue weighted by molar-refractivity contribution is 5.78. The number of hydrogen-bond acceptors (Lipinski definition) is 6. The molecule has 1 aliphatic heterocycles. The minimum Gasteiger partial charge on any atom is -0.490 e. The molecule has 0 radical (unpaired) electrons. The molecule has 9 nitrogen and oxygen atoms in total. The van der Waals surface area contributed by atoms with Crippen LogP contribution in [0.2, 0.25) is 0 Å². The number of amides is 1. The molecule has 0 aliphatic carbocycles. The number of nitrogens with zero attached hydrogens (tertiary/aromatic N) is 4. The summed E-state index contributed by atoms with van der Waals surface area (Å²) in [6.07, 6.45) is 3.70. The van der Waals surface area contributed by atoms with Gasteiger partial charge in [0, 0.05) is 6.42 Å². The summed E-state index contributed by atoms with van der Waals surface area (Å²) in [5.41, 5.74) is 1.86. The van der Waals surface area contributed by atoms with Crippen molar-refractivity contribution in [2.45, 2.75) is 32.9 Å². The first-order valence-corrected chi connectivity index (χ1v) is 11.7. The Balaban J connectivity index is 1.36. The second kappa shape index (κ2) is 9.61. The van der Waals surface area contributed by atoms with Gasteiger partial charge in [0.2, 0.25) is 5.91 Å². The van der Waals surface area contributed by atoms with Gasteiger partial charge >= 0.3 is 0 Å². The lowest BCUT2D eigenvalue weighted by Gasteiger charge is -2.24. The number of ether oxygens (including phenoxy) is 2. The van der Waals surface area contributed by atoms with Crippen molar-refractivity contribution in [3.63, 3.8) is 0 Å². The molecule has 1 N–H and O–H groups in total. The molecule has 1 amide bonds. The van der Waals surface area contributed by atoms with E-state index in [9.17, 15) is 9.59 Å². The van der Waals surface area contributed by atoms with E-state index in [-0.39, 0.29) is 30.0 Å². The molecule has 0 spiro atoms. The maximum Gasteiger partial charge on any atom is 0.264 e. The SMILES string of the molecule is CC(C)[C@@H](NC(=O)Cn1cnc2c(cnn2-c2ccccc2)c1=O)c1ccc2c(c1)OCCCO2. The van der Waals surface area contributed by atoms with E-state index >= 15 is 0 Å². The van der Waals surface area contributed by atoms with E-state index in [2.05, 4.69) is 15.4 Å². The zero-order chi connectivity index (χ0) is 24.4. The monoisotopic (exact) mass is 473 g/mol. The molecule has 35 heavy (non-hydrogen) atoms. The highest BCUT2D eigenvalue weighted by Crippen LogP contribution is 2.34. The van der Waals surface area contributed by atoms with Gasteiger partial charge in [-0.25, -0.2) is 9.67 Å². The van der Waals surface area contributed by atoms with Gasteiger partial charge in [-0.2, -0.15) is 5.10 Å². The van der Waals surface area contributed by atoms with Crippen LogP contribution in [0, 0.1) is 5.92 Å². The Bertz CT molecular complexity index is 1410. The molecule has 5 rings (SSSR count). The Morgan fingerprint density at radius 3 is 2.63 bits per heavy atom. The average molecular weight is 474 g/mol. The Morgan fingerprint density at radius 1 is 1.09 bits per heavy atom. The quantitative estimate of drug-likeness (QED) is 0.461. The third-order valence-electron chi connectivity index (χ3n) is 5.98. The van der Waals surface area contributed by atoms with Gasteiger partial charge in [0.15, 0.2) is 17.1 Å². The molecular formula is C26H27N5O4. The van der Waals surface area contributed by atoms with Crippen molar-refractivity contribution in [1.82, 2.24) is 24.6 Å². The molecular weight excluding hydrogens is 446 g/mol. The summed E-state index contributed by atoms with van der Waals surface area (Å²) in [5.74, 6) is 1.22. The molecule has 0 saturated heterocycles. The normalized spacial score (nSPS) is 14.0. The third kappa shape index (κ3) is 4.62. The number of benzene rings is 2. The van der Waals surface area contributed by atoms with E-state index in [4.69, 9.17) is 9.47 Å². The van der Waals surface area contributed by atoms with Crippen molar-refractivity contribution < 1.29 is 14.3 Å². The van der Waals surface area contributed by atoms with E-state index in [1.54, 1.807) is 4.68 Å². The maximum atomic E-state index is 13.1. The van der Waals surface area contributed by atoms with Crippen molar-refractivity contribution in [1.29, 1.82) is 0 Å². The molecule has 0 saturated carbocycles. The average Bonchev–Trinajstić information content (AvgIpc) is 3.16. The summed E-state index contributed by atoms with van der Waals surface area (Å²) in [4.78, 5) is 30.4. The first-order valence-electron chi connectivity index (χ1n) is 11.7. The van der Waals surface area contributed by atoms with Crippen LogP contribution in [-0.2, 0) is 11.3 Å². The summed E-state index contributed by atoms with van der Waals surface area (Å²) in [6, 6.07) is 14.9. The van der Waals surface area contributed by atoms with Gasteiger partial charge in [0.25, 0.3) is 5.56 Å². The topological polar surface area (TPSA) is 100 Å². The number of hydrogen-bond donors (Lipinski definition) is 1. The number of rotatable bonds is 6. The van der Waals surface area contributed by atoms with Crippen molar-refractivity contribution in [2.75, 3.05) is 13.2 Å². The van der Waals surface area contributed by atoms with Gasteiger partial charge < -0.3 is 14.8 Å². The molecule has 1 atom stereocenters. The number of nitrogens with one attached hydrogen (secondary N) is 1. The largest absolute Gasteiger partial charge is 0.490 e. The highest BCUT2D eigenvalue weighted by atomic mass is 16.5. The van der Waals surface area contributed by atoms with E-state index in [1.165, 1.54) is 17.1 Å². The van der Waals surface area contributed by atoms with E-state index in [1.807, 2.05) is 62.4 Å². The predicted molar refractivity (Wildman–Crippen MR) is 131 cm³/mol. The van der Waals surface area contributed by atoms with Crippen molar-refractivity contribution in [3.8, 4) is 17.2 Å². The molecule has 3 heterocycles. The lowest BCUT2D eigenvalue weighted by atomic mass is 9.95. The zero-order valence-corrected chi connectivity index (χ0v) is 19.7. The number of para-hydroxylation sites is 1.